The molecule has 1 N–H and O–H groups in total. The number of rotatable bonds is 1. The van der Waals surface area contributed by atoms with E-state index in [1.807, 2.05) is 0 Å². The van der Waals surface area contributed by atoms with Crippen LogP contribution in [0.1, 0.15) is 35.2 Å². The Labute approximate surface area is 121 Å². The molecule has 1 aromatic rings. The van der Waals surface area contributed by atoms with E-state index in [0.29, 0.717) is 6.54 Å². The van der Waals surface area contributed by atoms with Crippen LogP contribution in [0.4, 0.5) is 13.2 Å². The Bertz CT molecular complexity index is 530. The van der Waals surface area contributed by atoms with Crippen molar-refractivity contribution in [3.05, 3.63) is 35.4 Å². The summed E-state index contributed by atoms with van der Waals surface area (Å²) in [6, 6.07) is 5.12. The molecule has 0 saturated carbocycles. The highest BCUT2D eigenvalue weighted by Gasteiger charge is 2.41. The van der Waals surface area contributed by atoms with Crippen LogP contribution < -0.4 is 5.32 Å². The van der Waals surface area contributed by atoms with E-state index in [4.69, 9.17) is 0 Å². The van der Waals surface area contributed by atoms with Crippen molar-refractivity contribution in [3.8, 4) is 0 Å². The van der Waals surface area contributed by atoms with Crippen molar-refractivity contribution in [1.82, 2.24) is 10.2 Å². The first-order valence-electron chi connectivity index (χ1n) is 7.18. The molecule has 2 atom stereocenters. The average Bonchev–Trinajstić information content (AvgIpc) is 2.70. The number of hydrogen-bond donors (Lipinski definition) is 1. The number of halogens is 3. The molecule has 114 valence electrons. The van der Waals surface area contributed by atoms with Crippen molar-refractivity contribution < 1.29 is 18.0 Å². The molecule has 3 rings (SSSR count). The molecule has 6 heteroatoms. The number of carbonyl (C=O) groups excluding carboxylic acids is 1. The molecule has 2 heterocycles. The molecule has 1 aromatic carbocycles. The van der Waals surface area contributed by atoms with E-state index < -0.39 is 17.6 Å². The van der Waals surface area contributed by atoms with Crippen molar-refractivity contribution >= 4 is 5.91 Å². The highest BCUT2D eigenvalue weighted by molar-refractivity contribution is 5.96. The normalized spacial score (nSPS) is 25.8. The summed E-state index contributed by atoms with van der Waals surface area (Å²) in [6.45, 7) is 1.47. The predicted molar refractivity (Wildman–Crippen MR) is 71.9 cm³/mol. The maximum absolute atomic E-state index is 13.1. The van der Waals surface area contributed by atoms with Gasteiger partial charge >= 0.3 is 6.18 Å². The second kappa shape index (κ2) is 5.33. The zero-order valence-electron chi connectivity index (χ0n) is 11.5. The molecule has 2 aliphatic heterocycles. The number of carbonyl (C=O) groups is 1. The van der Waals surface area contributed by atoms with Crippen LogP contribution in [0.3, 0.4) is 0 Å². The van der Waals surface area contributed by atoms with Gasteiger partial charge in [-0.3, -0.25) is 4.79 Å². The van der Waals surface area contributed by atoms with Crippen LogP contribution in [0.25, 0.3) is 0 Å². The Balaban J connectivity index is 1.96. The highest BCUT2D eigenvalue weighted by Crippen LogP contribution is 2.35. The van der Waals surface area contributed by atoms with Gasteiger partial charge in [0.1, 0.15) is 0 Å². The van der Waals surface area contributed by atoms with Crippen LogP contribution >= 0.6 is 0 Å². The zero-order chi connectivity index (χ0) is 15.0. The van der Waals surface area contributed by atoms with Gasteiger partial charge in [0.05, 0.1) is 11.1 Å². The van der Waals surface area contributed by atoms with Crippen molar-refractivity contribution in [2.45, 2.75) is 37.5 Å². The number of benzene rings is 1. The summed E-state index contributed by atoms with van der Waals surface area (Å²) in [7, 11) is 0. The molecular weight excluding hydrogens is 281 g/mol. The summed E-state index contributed by atoms with van der Waals surface area (Å²) in [5, 5.41) is 3.24. The number of fused-ring (bicyclic) bond motifs is 2. The molecule has 0 radical (unpaired) electrons. The number of alkyl halides is 3. The molecule has 0 aromatic heterocycles. The van der Waals surface area contributed by atoms with Gasteiger partial charge in [-0.05, 0) is 37.9 Å². The third kappa shape index (κ3) is 2.64. The lowest BCUT2D eigenvalue weighted by molar-refractivity contribution is -0.138. The van der Waals surface area contributed by atoms with Crippen molar-refractivity contribution in [2.24, 2.45) is 0 Å². The Morgan fingerprint density at radius 3 is 2.62 bits per heavy atom. The molecule has 2 saturated heterocycles. The molecule has 0 spiro atoms. The predicted octanol–water partition coefficient (Wildman–Crippen LogP) is 2.67. The molecule has 2 unspecified atom stereocenters. The number of hydrogen-bond acceptors (Lipinski definition) is 2. The van der Waals surface area contributed by atoms with Crippen LogP contribution in [-0.4, -0.2) is 36.0 Å². The second-order valence-corrected chi connectivity index (χ2v) is 5.63. The minimum atomic E-state index is -4.50. The van der Waals surface area contributed by atoms with Crippen LogP contribution in [0.2, 0.25) is 0 Å². The smallest absolute Gasteiger partial charge is 0.331 e. The van der Waals surface area contributed by atoms with Gasteiger partial charge in [-0.1, -0.05) is 12.1 Å². The molecule has 2 aliphatic rings. The van der Waals surface area contributed by atoms with E-state index in [0.717, 1.165) is 31.9 Å². The Morgan fingerprint density at radius 1 is 1.14 bits per heavy atom. The largest absolute Gasteiger partial charge is 0.417 e. The topological polar surface area (TPSA) is 32.3 Å². The summed E-state index contributed by atoms with van der Waals surface area (Å²) >= 11 is 0. The lowest BCUT2D eigenvalue weighted by Crippen LogP contribution is -2.43. The first-order chi connectivity index (χ1) is 9.98. The van der Waals surface area contributed by atoms with E-state index >= 15 is 0 Å². The monoisotopic (exact) mass is 298 g/mol. The van der Waals surface area contributed by atoms with Gasteiger partial charge in [0.2, 0.25) is 0 Å². The number of nitrogens with zero attached hydrogens (tertiary/aromatic N) is 1. The van der Waals surface area contributed by atoms with E-state index in [1.165, 1.54) is 18.2 Å². The summed E-state index contributed by atoms with van der Waals surface area (Å²) < 4.78 is 39.2. The molecule has 2 fully saturated rings. The van der Waals surface area contributed by atoms with Gasteiger partial charge < -0.3 is 10.2 Å². The Kier molecular flexibility index (Phi) is 3.65. The molecule has 3 nitrogen and oxygen atoms in total. The summed E-state index contributed by atoms with van der Waals surface area (Å²) in [5.41, 5.74) is -1.07. The Hall–Kier alpha value is -1.56. The first kappa shape index (κ1) is 14.4. The minimum Gasteiger partial charge on any atom is -0.331 e. The Morgan fingerprint density at radius 2 is 1.86 bits per heavy atom. The SMILES string of the molecule is O=C(c1ccccc1C(F)(F)F)N1C2CCNCC1CC2. The zero-order valence-corrected chi connectivity index (χ0v) is 11.5. The van der Waals surface area contributed by atoms with Crippen molar-refractivity contribution in [3.63, 3.8) is 0 Å². The van der Waals surface area contributed by atoms with E-state index in [-0.39, 0.29) is 17.6 Å². The summed E-state index contributed by atoms with van der Waals surface area (Å²) in [6.07, 6.45) is -1.96. The third-order valence-electron chi connectivity index (χ3n) is 4.35. The van der Waals surface area contributed by atoms with E-state index in [1.54, 1.807) is 4.90 Å². The first-order valence-corrected chi connectivity index (χ1v) is 7.18. The fourth-order valence-corrected chi connectivity index (χ4v) is 3.37. The summed E-state index contributed by atoms with van der Waals surface area (Å²) in [4.78, 5) is 14.4. The van der Waals surface area contributed by atoms with Gasteiger partial charge in [-0.2, -0.15) is 13.2 Å². The van der Waals surface area contributed by atoms with Crippen LogP contribution in [0.5, 0.6) is 0 Å². The lowest BCUT2D eigenvalue weighted by Gasteiger charge is -2.29. The quantitative estimate of drug-likeness (QED) is 0.864. The summed E-state index contributed by atoms with van der Waals surface area (Å²) in [5.74, 6) is -0.487. The van der Waals surface area contributed by atoms with Gasteiger partial charge in [-0.15, -0.1) is 0 Å². The second-order valence-electron chi connectivity index (χ2n) is 5.63. The molecule has 1 amide bonds. The molecule has 21 heavy (non-hydrogen) atoms. The standard InChI is InChI=1S/C15H17F3N2O/c16-15(17,18)13-4-2-1-3-12(13)14(21)20-10-5-6-11(20)9-19-8-7-10/h1-4,10-11,19H,5-9H2. The minimum absolute atomic E-state index is 0.00582. The fourth-order valence-electron chi connectivity index (χ4n) is 3.37. The van der Waals surface area contributed by atoms with Crippen molar-refractivity contribution in [1.29, 1.82) is 0 Å². The van der Waals surface area contributed by atoms with E-state index in [2.05, 4.69) is 5.32 Å². The van der Waals surface area contributed by atoms with Crippen LogP contribution in [0.15, 0.2) is 24.3 Å². The molecular formula is C15H17F3N2O. The fraction of sp³-hybridized carbons (Fsp3) is 0.533. The van der Waals surface area contributed by atoms with Crippen LogP contribution in [0, 0.1) is 0 Å². The van der Waals surface area contributed by atoms with Gasteiger partial charge in [0, 0.05) is 18.6 Å². The lowest BCUT2D eigenvalue weighted by atomic mass is 10.0. The van der Waals surface area contributed by atoms with Gasteiger partial charge in [0.25, 0.3) is 5.91 Å². The number of amides is 1. The number of nitrogens with one attached hydrogen (secondary N) is 1. The maximum Gasteiger partial charge on any atom is 0.417 e. The molecule has 0 aliphatic carbocycles. The maximum atomic E-state index is 13.1. The third-order valence-corrected chi connectivity index (χ3v) is 4.35. The van der Waals surface area contributed by atoms with Gasteiger partial charge in [0.15, 0.2) is 0 Å². The van der Waals surface area contributed by atoms with Crippen LogP contribution in [-0.2, 0) is 6.18 Å². The van der Waals surface area contributed by atoms with E-state index in [9.17, 15) is 18.0 Å². The molecule has 2 bridgehead atoms. The van der Waals surface area contributed by atoms with Gasteiger partial charge in [-0.25, -0.2) is 0 Å². The average molecular weight is 298 g/mol. The van der Waals surface area contributed by atoms with Crippen molar-refractivity contribution in [2.75, 3.05) is 13.1 Å². The highest BCUT2D eigenvalue weighted by atomic mass is 19.4.